The number of amides is 1. The zero-order valence-electron chi connectivity index (χ0n) is 15.5. The number of rotatable bonds is 6. The summed E-state index contributed by atoms with van der Waals surface area (Å²) in [5, 5.41) is 0. The Labute approximate surface area is 159 Å². The summed E-state index contributed by atoms with van der Waals surface area (Å²) in [6.45, 7) is 2.33. The van der Waals surface area contributed by atoms with Crippen LogP contribution in [0.5, 0.6) is 0 Å². The second-order valence-electron chi connectivity index (χ2n) is 7.52. The zero-order chi connectivity index (χ0) is 18.6. The predicted octanol–water partition coefficient (Wildman–Crippen LogP) is 3.15. The van der Waals surface area contributed by atoms with E-state index in [1.54, 1.807) is 12.3 Å². The number of nitrogen functional groups attached to an aromatic ring is 1. The summed E-state index contributed by atoms with van der Waals surface area (Å²) in [6.07, 6.45) is 7.67. The molecule has 1 atom stereocenters. The highest BCUT2D eigenvalue weighted by molar-refractivity contribution is 5.94. The molecule has 2 fully saturated rings. The van der Waals surface area contributed by atoms with Crippen LogP contribution >= 0.6 is 0 Å². The van der Waals surface area contributed by atoms with Crippen molar-refractivity contribution in [3.8, 4) is 11.4 Å². The molecule has 6 nitrogen and oxygen atoms in total. The smallest absolute Gasteiger partial charge is 0.253 e. The van der Waals surface area contributed by atoms with E-state index >= 15 is 0 Å². The highest BCUT2D eigenvalue weighted by Crippen LogP contribution is 2.28. The lowest BCUT2D eigenvalue weighted by Gasteiger charge is -2.33. The van der Waals surface area contributed by atoms with Gasteiger partial charge in [0.25, 0.3) is 5.91 Å². The molecule has 142 valence electrons. The lowest BCUT2D eigenvalue weighted by molar-refractivity contribution is 0.0448. The van der Waals surface area contributed by atoms with Crippen LogP contribution in [-0.2, 0) is 4.74 Å². The molecule has 1 aromatic heterocycles. The summed E-state index contributed by atoms with van der Waals surface area (Å²) < 4.78 is 5.77. The summed E-state index contributed by atoms with van der Waals surface area (Å²) >= 11 is 0. The SMILES string of the molecule is Nc1ccnc(-c2ccc(C(=O)N(CC3CCC3)C[C@@H]3CCCO3)cc2)n1. The van der Waals surface area contributed by atoms with Gasteiger partial charge in [-0.2, -0.15) is 0 Å². The topological polar surface area (TPSA) is 81.3 Å². The van der Waals surface area contributed by atoms with E-state index in [0.29, 0.717) is 29.7 Å². The van der Waals surface area contributed by atoms with Gasteiger partial charge in [-0.05, 0) is 49.8 Å². The van der Waals surface area contributed by atoms with Gasteiger partial charge in [0, 0.05) is 37.0 Å². The van der Waals surface area contributed by atoms with Crippen LogP contribution in [0.2, 0.25) is 0 Å². The Kier molecular flexibility index (Phi) is 5.34. The molecule has 0 radical (unpaired) electrons. The minimum atomic E-state index is 0.0810. The van der Waals surface area contributed by atoms with Crippen molar-refractivity contribution in [3.05, 3.63) is 42.1 Å². The first-order valence-electron chi connectivity index (χ1n) is 9.79. The Hall–Kier alpha value is -2.47. The molecule has 2 aromatic rings. The summed E-state index contributed by atoms with van der Waals surface area (Å²) in [7, 11) is 0. The summed E-state index contributed by atoms with van der Waals surface area (Å²) in [6, 6.07) is 9.14. The molecule has 4 rings (SSSR count). The second-order valence-corrected chi connectivity index (χ2v) is 7.52. The van der Waals surface area contributed by atoms with E-state index in [0.717, 1.165) is 31.6 Å². The van der Waals surface area contributed by atoms with Gasteiger partial charge in [0.1, 0.15) is 5.82 Å². The summed E-state index contributed by atoms with van der Waals surface area (Å²) in [5.74, 6) is 1.72. The van der Waals surface area contributed by atoms with Gasteiger partial charge in [-0.25, -0.2) is 9.97 Å². The lowest BCUT2D eigenvalue weighted by Crippen LogP contribution is -2.41. The third-order valence-corrected chi connectivity index (χ3v) is 5.51. The predicted molar refractivity (Wildman–Crippen MR) is 104 cm³/mol. The van der Waals surface area contributed by atoms with Crippen LogP contribution in [0.4, 0.5) is 5.82 Å². The average Bonchev–Trinajstić information content (AvgIpc) is 3.16. The molecule has 27 heavy (non-hydrogen) atoms. The maximum Gasteiger partial charge on any atom is 0.253 e. The molecule has 1 aliphatic carbocycles. The molecule has 1 aromatic carbocycles. The Morgan fingerprint density at radius 1 is 1.11 bits per heavy atom. The van der Waals surface area contributed by atoms with Crippen molar-refractivity contribution in [1.82, 2.24) is 14.9 Å². The number of anilines is 1. The van der Waals surface area contributed by atoms with Gasteiger partial charge in [-0.3, -0.25) is 4.79 Å². The summed E-state index contributed by atoms with van der Waals surface area (Å²) in [5.41, 5.74) is 7.28. The van der Waals surface area contributed by atoms with E-state index in [4.69, 9.17) is 10.5 Å². The maximum absolute atomic E-state index is 13.1. The van der Waals surface area contributed by atoms with Crippen LogP contribution < -0.4 is 5.73 Å². The van der Waals surface area contributed by atoms with Crippen LogP contribution in [0, 0.1) is 5.92 Å². The fourth-order valence-electron chi connectivity index (χ4n) is 3.72. The van der Waals surface area contributed by atoms with Crippen LogP contribution in [0.1, 0.15) is 42.5 Å². The second kappa shape index (κ2) is 8.05. The van der Waals surface area contributed by atoms with E-state index in [2.05, 4.69) is 9.97 Å². The number of ether oxygens (including phenoxy) is 1. The highest BCUT2D eigenvalue weighted by atomic mass is 16.5. The molecule has 0 spiro atoms. The monoisotopic (exact) mass is 366 g/mol. The highest BCUT2D eigenvalue weighted by Gasteiger charge is 2.28. The Morgan fingerprint density at radius 2 is 1.93 bits per heavy atom. The standard InChI is InChI=1S/C21H26N4O2/c22-19-10-11-23-20(24-19)16-6-8-17(9-7-16)21(26)25(13-15-3-1-4-15)14-18-5-2-12-27-18/h6-11,15,18H,1-5,12-14H2,(H2,22,23,24)/t18-/m0/s1. The maximum atomic E-state index is 13.1. The van der Waals surface area contributed by atoms with Gasteiger partial charge in [0.2, 0.25) is 0 Å². The van der Waals surface area contributed by atoms with Crippen molar-refractivity contribution in [2.45, 2.75) is 38.2 Å². The molecular formula is C21H26N4O2. The zero-order valence-corrected chi connectivity index (χ0v) is 15.5. The molecule has 1 saturated carbocycles. The van der Waals surface area contributed by atoms with E-state index in [1.807, 2.05) is 29.2 Å². The number of carbonyl (C=O) groups is 1. The number of nitrogens with zero attached hydrogens (tertiary/aromatic N) is 3. The van der Waals surface area contributed by atoms with Crippen LogP contribution in [0.15, 0.2) is 36.5 Å². The largest absolute Gasteiger partial charge is 0.384 e. The molecular weight excluding hydrogens is 340 g/mol. The van der Waals surface area contributed by atoms with Gasteiger partial charge >= 0.3 is 0 Å². The fraction of sp³-hybridized carbons (Fsp3) is 0.476. The molecule has 2 heterocycles. The molecule has 1 aliphatic heterocycles. The minimum absolute atomic E-state index is 0.0810. The third-order valence-electron chi connectivity index (χ3n) is 5.51. The van der Waals surface area contributed by atoms with Crippen LogP contribution in [0.25, 0.3) is 11.4 Å². The average molecular weight is 366 g/mol. The van der Waals surface area contributed by atoms with Crippen LogP contribution in [0.3, 0.4) is 0 Å². The molecule has 2 N–H and O–H groups in total. The van der Waals surface area contributed by atoms with Gasteiger partial charge in [0.05, 0.1) is 6.10 Å². The van der Waals surface area contributed by atoms with Crippen molar-refractivity contribution in [3.63, 3.8) is 0 Å². The first kappa shape index (κ1) is 17.9. The number of nitrogens with two attached hydrogens (primary N) is 1. The van der Waals surface area contributed by atoms with Gasteiger partial charge in [-0.15, -0.1) is 0 Å². The van der Waals surface area contributed by atoms with Gasteiger partial charge < -0.3 is 15.4 Å². The van der Waals surface area contributed by atoms with Crippen LogP contribution in [-0.4, -0.2) is 46.6 Å². The third kappa shape index (κ3) is 4.27. The molecule has 1 amide bonds. The molecule has 2 aliphatic rings. The fourth-order valence-corrected chi connectivity index (χ4v) is 3.72. The number of aromatic nitrogens is 2. The van der Waals surface area contributed by atoms with Crippen molar-refractivity contribution < 1.29 is 9.53 Å². The lowest BCUT2D eigenvalue weighted by atomic mass is 9.85. The van der Waals surface area contributed by atoms with Crippen molar-refractivity contribution >= 4 is 11.7 Å². The van der Waals surface area contributed by atoms with Crippen molar-refractivity contribution in [2.24, 2.45) is 5.92 Å². The van der Waals surface area contributed by atoms with E-state index in [-0.39, 0.29) is 12.0 Å². The quantitative estimate of drug-likeness (QED) is 0.849. The Bertz CT molecular complexity index is 783. The Morgan fingerprint density at radius 3 is 2.56 bits per heavy atom. The number of hydrogen-bond acceptors (Lipinski definition) is 5. The van der Waals surface area contributed by atoms with Gasteiger partial charge in [-0.1, -0.05) is 18.6 Å². The molecule has 6 heteroatoms. The number of hydrogen-bond donors (Lipinski definition) is 1. The van der Waals surface area contributed by atoms with E-state index in [1.165, 1.54) is 19.3 Å². The first-order chi connectivity index (χ1) is 13.2. The number of carbonyl (C=O) groups excluding carboxylic acids is 1. The molecule has 0 unspecified atom stereocenters. The molecule has 1 saturated heterocycles. The van der Waals surface area contributed by atoms with Crippen molar-refractivity contribution in [1.29, 1.82) is 0 Å². The van der Waals surface area contributed by atoms with Gasteiger partial charge in [0.15, 0.2) is 5.82 Å². The Balaban J connectivity index is 1.49. The summed E-state index contributed by atoms with van der Waals surface area (Å²) in [4.78, 5) is 23.6. The normalized spacial score (nSPS) is 19.6. The number of benzene rings is 1. The minimum Gasteiger partial charge on any atom is -0.384 e. The molecule has 0 bridgehead atoms. The van der Waals surface area contributed by atoms with E-state index < -0.39 is 0 Å². The first-order valence-corrected chi connectivity index (χ1v) is 9.79. The van der Waals surface area contributed by atoms with Crippen molar-refractivity contribution in [2.75, 3.05) is 25.4 Å². The van der Waals surface area contributed by atoms with E-state index in [9.17, 15) is 4.79 Å².